The number of aryl methyl sites for hydroxylation is 1. The SMILES string of the molecule is CCC(C)OC(Cc1ccc(OCc2nc(-c3ccc(Cl)s3)oc2C)cc1)C(=O)O. The molecule has 0 fully saturated rings. The summed E-state index contributed by atoms with van der Waals surface area (Å²) in [5, 5.41) is 9.38. The van der Waals surface area contributed by atoms with Gasteiger partial charge in [0.25, 0.3) is 0 Å². The maximum Gasteiger partial charge on any atom is 0.333 e. The molecule has 0 saturated heterocycles. The van der Waals surface area contributed by atoms with Gasteiger partial charge in [0.1, 0.15) is 23.8 Å². The summed E-state index contributed by atoms with van der Waals surface area (Å²) in [5.41, 5.74) is 1.58. The van der Waals surface area contributed by atoms with Crippen LogP contribution in [-0.2, 0) is 22.6 Å². The number of carboxylic acids is 1. The Kier molecular flexibility index (Phi) is 7.53. The Bertz CT molecular complexity index is 982. The standard InChI is InChI=1S/C22H24ClNO5S/c1-4-13(2)28-18(22(25)26)11-15-5-7-16(8-6-15)27-12-17-14(3)29-21(24-17)19-9-10-20(23)30-19/h5-10,13,18H,4,11-12H2,1-3H3,(H,25,26). The maximum atomic E-state index is 11.4. The van der Waals surface area contributed by atoms with Crippen LogP contribution in [0.4, 0.5) is 0 Å². The summed E-state index contributed by atoms with van der Waals surface area (Å²) in [4.78, 5) is 16.8. The van der Waals surface area contributed by atoms with Gasteiger partial charge in [-0.2, -0.15) is 0 Å². The van der Waals surface area contributed by atoms with E-state index < -0.39 is 12.1 Å². The predicted octanol–water partition coefficient (Wildman–Crippen LogP) is 5.75. The quantitative estimate of drug-likeness (QED) is 0.424. The molecule has 2 unspecified atom stereocenters. The summed E-state index contributed by atoms with van der Waals surface area (Å²) in [6.45, 7) is 5.95. The average Bonchev–Trinajstić information content (AvgIpc) is 3.32. The van der Waals surface area contributed by atoms with E-state index >= 15 is 0 Å². The first-order valence-electron chi connectivity index (χ1n) is 9.67. The summed E-state index contributed by atoms with van der Waals surface area (Å²) in [6, 6.07) is 11.0. The third-order valence-electron chi connectivity index (χ3n) is 4.64. The highest BCUT2D eigenvalue weighted by Crippen LogP contribution is 2.31. The van der Waals surface area contributed by atoms with Crippen molar-refractivity contribution in [1.82, 2.24) is 4.98 Å². The van der Waals surface area contributed by atoms with Crippen LogP contribution in [0.3, 0.4) is 0 Å². The van der Waals surface area contributed by atoms with Crippen LogP contribution < -0.4 is 4.74 Å². The van der Waals surface area contributed by atoms with Crippen LogP contribution in [0, 0.1) is 6.92 Å². The van der Waals surface area contributed by atoms with E-state index in [4.69, 9.17) is 25.5 Å². The molecule has 6 nitrogen and oxygen atoms in total. The van der Waals surface area contributed by atoms with E-state index in [2.05, 4.69) is 4.98 Å². The average molecular weight is 450 g/mol. The molecule has 2 aromatic heterocycles. The number of carboxylic acid groups (broad SMARTS) is 1. The lowest BCUT2D eigenvalue weighted by molar-refractivity contribution is -0.153. The molecule has 3 rings (SSSR count). The number of oxazole rings is 1. The number of thiophene rings is 1. The van der Waals surface area contributed by atoms with Gasteiger partial charge in [-0.1, -0.05) is 30.7 Å². The molecule has 0 spiro atoms. The Morgan fingerprint density at radius 1 is 1.27 bits per heavy atom. The van der Waals surface area contributed by atoms with Gasteiger partial charge >= 0.3 is 5.97 Å². The van der Waals surface area contributed by atoms with E-state index in [-0.39, 0.29) is 12.7 Å². The van der Waals surface area contributed by atoms with Gasteiger partial charge < -0.3 is 19.0 Å². The molecule has 0 amide bonds. The van der Waals surface area contributed by atoms with Gasteiger partial charge in [-0.25, -0.2) is 9.78 Å². The number of rotatable bonds is 10. The zero-order valence-electron chi connectivity index (χ0n) is 17.1. The van der Waals surface area contributed by atoms with Crippen LogP contribution in [0.2, 0.25) is 4.34 Å². The van der Waals surface area contributed by atoms with Crippen molar-refractivity contribution >= 4 is 28.9 Å². The van der Waals surface area contributed by atoms with Crippen LogP contribution in [0.15, 0.2) is 40.8 Å². The van der Waals surface area contributed by atoms with Gasteiger partial charge in [-0.05, 0) is 50.1 Å². The van der Waals surface area contributed by atoms with E-state index in [1.807, 2.05) is 57.2 Å². The second-order valence-corrected chi connectivity index (χ2v) is 8.66. The van der Waals surface area contributed by atoms with E-state index in [1.54, 1.807) is 0 Å². The number of hydrogen-bond acceptors (Lipinski definition) is 6. The van der Waals surface area contributed by atoms with Crippen LogP contribution in [0.1, 0.15) is 37.3 Å². The predicted molar refractivity (Wildman–Crippen MR) is 116 cm³/mol. The van der Waals surface area contributed by atoms with Gasteiger partial charge in [-0.3, -0.25) is 0 Å². The molecule has 0 aliphatic carbocycles. The van der Waals surface area contributed by atoms with Crippen molar-refractivity contribution in [3.8, 4) is 16.5 Å². The fourth-order valence-electron chi connectivity index (χ4n) is 2.75. The topological polar surface area (TPSA) is 81.8 Å². The first-order chi connectivity index (χ1) is 14.4. The lowest BCUT2D eigenvalue weighted by atomic mass is 10.1. The van der Waals surface area contributed by atoms with Gasteiger partial charge in [0.05, 0.1) is 15.3 Å². The molecule has 1 N–H and O–H groups in total. The van der Waals surface area contributed by atoms with Gasteiger partial charge in [-0.15, -0.1) is 11.3 Å². The third-order valence-corrected chi connectivity index (χ3v) is 5.86. The number of aliphatic carboxylic acids is 1. The summed E-state index contributed by atoms with van der Waals surface area (Å²) in [5.74, 6) is 0.925. The Morgan fingerprint density at radius 3 is 2.60 bits per heavy atom. The minimum absolute atomic E-state index is 0.102. The molecule has 3 aromatic rings. The van der Waals surface area contributed by atoms with E-state index in [0.717, 1.165) is 16.9 Å². The zero-order valence-corrected chi connectivity index (χ0v) is 18.6. The lowest BCUT2D eigenvalue weighted by Gasteiger charge is -2.18. The van der Waals surface area contributed by atoms with Crippen molar-refractivity contribution in [3.63, 3.8) is 0 Å². The molecular formula is C22H24ClNO5S. The second-order valence-electron chi connectivity index (χ2n) is 6.94. The monoisotopic (exact) mass is 449 g/mol. The third kappa shape index (κ3) is 5.84. The van der Waals surface area contributed by atoms with Gasteiger partial charge in [0.15, 0.2) is 6.10 Å². The van der Waals surface area contributed by atoms with E-state index in [9.17, 15) is 9.90 Å². The van der Waals surface area contributed by atoms with Gasteiger partial charge in [0.2, 0.25) is 5.89 Å². The Labute approximate surface area is 184 Å². The summed E-state index contributed by atoms with van der Waals surface area (Å²) in [7, 11) is 0. The second kappa shape index (κ2) is 10.1. The number of hydrogen-bond donors (Lipinski definition) is 1. The largest absolute Gasteiger partial charge is 0.487 e. The number of ether oxygens (including phenoxy) is 2. The van der Waals surface area contributed by atoms with E-state index in [0.29, 0.717) is 33.9 Å². The smallest absolute Gasteiger partial charge is 0.333 e. The fraction of sp³-hybridized carbons (Fsp3) is 0.364. The number of nitrogens with zero attached hydrogens (tertiary/aromatic N) is 1. The molecule has 160 valence electrons. The molecule has 0 saturated carbocycles. The van der Waals surface area contributed by atoms with Crippen molar-refractivity contribution in [3.05, 3.63) is 57.8 Å². The normalized spacial score (nSPS) is 13.2. The molecule has 2 atom stereocenters. The molecule has 2 heterocycles. The molecule has 30 heavy (non-hydrogen) atoms. The Hall–Kier alpha value is -2.35. The highest BCUT2D eigenvalue weighted by atomic mass is 35.5. The Morgan fingerprint density at radius 2 is 2.00 bits per heavy atom. The lowest BCUT2D eigenvalue weighted by Crippen LogP contribution is -2.30. The molecule has 0 bridgehead atoms. The molecule has 0 aliphatic rings. The Balaban J connectivity index is 1.59. The maximum absolute atomic E-state index is 11.4. The van der Waals surface area contributed by atoms with E-state index in [1.165, 1.54) is 11.3 Å². The number of halogens is 1. The van der Waals surface area contributed by atoms with Crippen molar-refractivity contribution in [2.45, 2.75) is 52.4 Å². The first-order valence-corrected chi connectivity index (χ1v) is 10.9. The number of carbonyl (C=O) groups is 1. The van der Waals surface area contributed by atoms with Crippen LogP contribution in [0.25, 0.3) is 10.8 Å². The highest BCUT2D eigenvalue weighted by molar-refractivity contribution is 7.19. The summed E-state index contributed by atoms with van der Waals surface area (Å²) >= 11 is 7.38. The molecule has 0 radical (unpaired) electrons. The summed E-state index contributed by atoms with van der Waals surface area (Å²) in [6.07, 6.45) is 0.0945. The number of aromatic nitrogens is 1. The van der Waals surface area contributed by atoms with Gasteiger partial charge in [0, 0.05) is 6.42 Å². The number of benzene rings is 1. The molecule has 0 aliphatic heterocycles. The van der Waals surface area contributed by atoms with Crippen molar-refractivity contribution in [2.75, 3.05) is 0 Å². The van der Waals surface area contributed by atoms with Crippen molar-refractivity contribution in [2.24, 2.45) is 0 Å². The van der Waals surface area contributed by atoms with Crippen LogP contribution in [-0.4, -0.2) is 28.3 Å². The minimum Gasteiger partial charge on any atom is -0.487 e. The molecular weight excluding hydrogens is 426 g/mol. The van der Waals surface area contributed by atoms with Crippen molar-refractivity contribution in [1.29, 1.82) is 0 Å². The minimum atomic E-state index is -0.958. The highest BCUT2D eigenvalue weighted by Gasteiger charge is 2.21. The van der Waals surface area contributed by atoms with Crippen LogP contribution in [0.5, 0.6) is 5.75 Å². The summed E-state index contributed by atoms with van der Waals surface area (Å²) < 4.78 is 17.8. The van der Waals surface area contributed by atoms with Crippen molar-refractivity contribution < 1.29 is 23.8 Å². The van der Waals surface area contributed by atoms with Crippen LogP contribution >= 0.6 is 22.9 Å². The molecule has 8 heteroatoms. The first kappa shape index (κ1) is 22.3. The fourth-order valence-corrected chi connectivity index (χ4v) is 3.72. The zero-order chi connectivity index (χ0) is 21.7. The molecule has 1 aromatic carbocycles.